The minimum atomic E-state index is 0.711. The lowest BCUT2D eigenvalue weighted by atomic mass is 10.2. The number of nitrogens with zero attached hydrogens (tertiary/aromatic N) is 1. The largest absolute Gasteiger partial charge is 0.397 e. The predicted molar refractivity (Wildman–Crippen MR) is 94.2 cm³/mol. The van der Waals surface area contributed by atoms with Gasteiger partial charge in [-0.1, -0.05) is 13.0 Å². The highest BCUT2D eigenvalue weighted by Gasteiger charge is 2.10. The van der Waals surface area contributed by atoms with E-state index in [4.69, 9.17) is 10.7 Å². The SMILES string of the molecule is CCc1ccc2nc(-c3cc(Br)c(N)c(Br)c3)sc2c1. The first-order valence-electron chi connectivity index (χ1n) is 6.23. The van der Waals surface area contributed by atoms with Gasteiger partial charge in [0.15, 0.2) is 0 Å². The molecule has 0 spiro atoms. The monoisotopic (exact) mass is 410 g/mol. The molecule has 2 aromatic carbocycles. The Morgan fingerprint density at radius 1 is 1.15 bits per heavy atom. The van der Waals surface area contributed by atoms with Crippen LogP contribution in [0.5, 0.6) is 0 Å². The van der Waals surface area contributed by atoms with Crippen LogP contribution >= 0.6 is 43.2 Å². The number of aryl methyl sites for hydroxylation is 1. The van der Waals surface area contributed by atoms with E-state index in [0.717, 1.165) is 31.5 Å². The zero-order valence-electron chi connectivity index (χ0n) is 10.8. The summed E-state index contributed by atoms with van der Waals surface area (Å²) >= 11 is 8.67. The lowest BCUT2D eigenvalue weighted by Gasteiger charge is -2.04. The van der Waals surface area contributed by atoms with Gasteiger partial charge in [0.25, 0.3) is 0 Å². The molecule has 0 bridgehead atoms. The molecule has 1 heterocycles. The molecule has 0 saturated carbocycles. The number of benzene rings is 2. The molecule has 2 N–H and O–H groups in total. The van der Waals surface area contributed by atoms with Crippen LogP contribution < -0.4 is 5.73 Å². The molecule has 0 atom stereocenters. The summed E-state index contributed by atoms with van der Waals surface area (Å²) in [6, 6.07) is 10.5. The summed E-state index contributed by atoms with van der Waals surface area (Å²) in [5.74, 6) is 0. The molecule has 0 fully saturated rings. The predicted octanol–water partition coefficient (Wildman–Crippen LogP) is 5.63. The van der Waals surface area contributed by atoms with E-state index in [1.807, 2.05) is 12.1 Å². The molecular formula is C15H12Br2N2S. The van der Waals surface area contributed by atoms with Gasteiger partial charge in [-0.15, -0.1) is 11.3 Å². The molecule has 102 valence electrons. The Hall–Kier alpha value is -0.910. The number of rotatable bonds is 2. The van der Waals surface area contributed by atoms with Crippen molar-refractivity contribution in [2.45, 2.75) is 13.3 Å². The number of nitrogen functional groups attached to an aromatic ring is 1. The zero-order chi connectivity index (χ0) is 14.3. The second kappa shape index (κ2) is 5.47. The van der Waals surface area contributed by atoms with E-state index >= 15 is 0 Å². The molecular weight excluding hydrogens is 400 g/mol. The van der Waals surface area contributed by atoms with Gasteiger partial charge in [0.1, 0.15) is 5.01 Å². The maximum Gasteiger partial charge on any atom is 0.124 e. The number of hydrogen-bond donors (Lipinski definition) is 1. The van der Waals surface area contributed by atoms with E-state index in [1.54, 1.807) is 11.3 Å². The Morgan fingerprint density at radius 2 is 1.85 bits per heavy atom. The van der Waals surface area contributed by atoms with Crippen LogP contribution in [-0.4, -0.2) is 4.98 Å². The molecule has 0 aliphatic heterocycles. The second-order valence-electron chi connectivity index (χ2n) is 4.53. The molecule has 20 heavy (non-hydrogen) atoms. The molecule has 5 heteroatoms. The van der Waals surface area contributed by atoms with Gasteiger partial charge >= 0.3 is 0 Å². The normalized spacial score (nSPS) is 11.2. The van der Waals surface area contributed by atoms with Crippen LogP contribution in [0.4, 0.5) is 5.69 Å². The van der Waals surface area contributed by atoms with Gasteiger partial charge in [-0.05, 0) is 68.1 Å². The van der Waals surface area contributed by atoms with Gasteiger partial charge in [0.05, 0.1) is 15.9 Å². The Labute approximate surface area is 138 Å². The van der Waals surface area contributed by atoms with Gasteiger partial charge in [0.2, 0.25) is 0 Å². The Balaban J connectivity index is 2.14. The quantitative estimate of drug-likeness (QED) is 0.554. The standard InChI is InChI=1S/C15H12Br2N2S/c1-2-8-3-4-12-13(5-8)20-15(19-12)9-6-10(16)14(18)11(17)7-9/h3-7H,2,18H2,1H3. The first-order chi connectivity index (χ1) is 9.58. The number of thiazole rings is 1. The van der Waals surface area contributed by atoms with Gasteiger partial charge in [-0.3, -0.25) is 0 Å². The molecule has 0 aliphatic rings. The Bertz CT molecular complexity index is 773. The van der Waals surface area contributed by atoms with Crippen molar-refractivity contribution in [3.63, 3.8) is 0 Å². The van der Waals surface area contributed by atoms with Crippen molar-refractivity contribution in [2.24, 2.45) is 0 Å². The molecule has 3 rings (SSSR count). The molecule has 0 radical (unpaired) electrons. The summed E-state index contributed by atoms with van der Waals surface area (Å²) in [6.07, 6.45) is 1.04. The number of fused-ring (bicyclic) bond motifs is 1. The van der Waals surface area contributed by atoms with Gasteiger partial charge in [-0.25, -0.2) is 4.98 Å². The molecule has 3 aromatic rings. The number of hydrogen-bond acceptors (Lipinski definition) is 3. The van der Waals surface area contributed by atoms with E-state index in [1.165, 1.54) is 10.3 Å². The maximum absolute atomic E-state index is 5.93. The van der Waals surface area contributed by atoms with Crippen LogP contribution in [0.15, 0.2) is 39.3 Å². The summed E-state index contributed by atoms with van der Waals surface area (Å²) in [6.45, 7) is 2.16. The lowest BCUT2D eigenvalue weighted by Crippen LogP contribution is -1.89. The van der Waals surface area contributed by atoms with Crippen LogP contribution in [0.2, 0.25) is 0 Å². The second-order valence-corrected chi connectivity index (χ2v) is 7.27. The summed E-state index contributed by atoms with van der Waals surface area (Å²) in [4.78, 5) is 4.71. The fraction of sp³-hybridized carbons (Fsp3) is 0.133. The van der Waals surface area contributed by atoms with Crippen molar-refractivity contribution in [3.8, 4) is 10.6 Å². The minimum absolute atomic E-state index is 0.711. The fourth-order valence-corrected chi connectivity index (χ4v) is 4.22. The molecule has 0 amide bonds. The number of aromatic nitrogens is 1. The first kappa shape index (κ1) is 14.0. The third-order valence-electron chi connectivity index (χ3n) is 3.19. The third-order valence-corrected chi connectivity index (χ3v) is 5.57. The van der Waals surface area contributed by atoms with E-state index in [0.29, 0.717) is 5.69 Å². The Kier molecular flexibility index (Phi) is 3.84. The highest BCUT2D eigenvalue weighted by molar-refractivity contribution is 9.11. The van der Waals surface area contributed by atoms with E-state index in [-0.39, 0.29) is 0 Å². The van der Waals surface area contributed by atoms with E-state index in [2.05, 4.69) is 57.0 Å². The van der Waals surface area contributed by atoms with Crippen molar-refractivity contribution in [1.29, 1.82) is 0 Å². The molecule has 0 unspecified atom stereocenters. The topological polar surface area (TPSA) is 38.9 Å². The highest BCUT2D eigenvalue weighted by Crippen LogP contribution is 2.37. The van der Waals surface area contributed by atoms with Gasteiger partial charge < -0.3 is 5.73 Å². The Morgan fingerprint density at radius 3 is 2.50 bits per heavy atom. The number of anilines is 1. The average molecular weight is 412 g/mol. The number of nitrogens with two attached hydrogens (primary N) is 1. The lowest BCUT2D eigenvalue weighted by molar-refractivity contribution is 1.15. The minimum Gasteiger partial charge on any atom is -0.397 e. The van der Waals surface area contributed by atoms with Crippen molar-refractivity contribution in [2.75, 3.05) is 5.73 Å². The van der Waals surface area contributed by atoms with Crippen LogP contribution in [0.1, 0.15) is 12.5 Å². The molecule has 2 nitrogen and oxygen atoms in total. The smallest absolute Gasteiger partial charge is 0.124 e. The summed E-state index contributed by atoms with van der Waals surface area (Å²) in [7, 11) is 0. The van der Waals surface area contributed by atoms with Crippen molar-refractivity contribution >= 4 is 59.1 Å². The summed E-state index contributed by atoms with van der Waals surface area (Å²) in [5, 5.41) is 1.01. The molecule has 1 aromatic heterocycles. The van der Waals surface area contributed by atoms with Crippen LogP contribution in [0.3, 0.4) is 0 Å². The van der Waals surface area contributed by atoms with Crippen molar-refractivity contribution in [1.82, 2.24) is 4.98 Å². The van der Waals surface area contributed by atoms with E-state index in [9.17, 15) is 0 Å². The van der Waals surface area contributed by atoms with E-state index < -0.39 is 0 Å². The third kappa shape index (κ3) is 2.50. The van der Waals surface area contributed by atoms with Gasteiger partial charge in [0, 0.05) is 14.5 Å². The van der Waals surface area contributed by atoms with Gasteiger partial charge in [-0.2, -0.15) is 0 Å². The van der Waals surface area contributed by atoms with Crippen LogP contribution in [0, 0.1) is 0 Å². The maximum atomic E-state index is 5.93. The fourth-order valence-electron chi connectivity index (χ4n) is 2.02. The van der Waals surface area contributed by atoms with Crippen molar-refractivity contribution in [3.05, 3.63) is 44.8 Å². The first-order valence-corrected chi connectivity index (χ1v) is 8.63. The van der Waals surface area contributed by atoms with Crippen LogP contribution in [-0.2, 0) is 6.42 Å². The van der Waals surface area contributed by atoms with Crippen LogP contribution in [0.25, 0.3) is 20.8 Å². The molecule has 0 saturated heterocycles. The molecule has 0 aliphatic carbocycles. The zero-order valence-corrected chi connectivity index (χ0v) is 14.8. The summed E-state index contributed by atoms with van der Waals surface area (Å²) < 4.78 is 2.99. The average Bonchev–Trinajstić information content (AvgIpc) is 2.86. The summed E-state index contributed by atoms with van der Waals surface area (Å²) in [5.41, 5.74) is 10.1. The highest BCUT2D eigenvalue weighted by atomic mass is 79.9. The number of halogens is 2. The van der Waals surface area contributed by atoms with Crippen molar-refractivity contribution < 1.29 is 0 Å².